The van der Waals surface area contributed by atoms with Crippen LogP contribution in [0.4, 0.5) is 4.79 Å². The third-order valence-electron chi connectivity index (χ3n) is 4.40. The third-order valence-corrected chi connectivity index (χ3v) is 5.30. The highest BCUT2D eigenvalue weighted by atomic mass is 32.1. The number of carbonyl (C=O) groups excluding carboxylic acids is 1. The van der Waals surface area contributed by atoms with Crippen LogP contribution in [0.25, 0.3) is 0 Å². The molecule has 1 aliphatic carbocycles. The Labute approximate surface area is 131 Å². The first-order chi connectivity index (χ1) is 10.1. The molecule has 21 heavy (non-hydrogen) atoms. The zero-order valence-corrected chi connectivity index (χ0v) is 13.7. The molecule has 1 aliphatic rings. The van der Waals surface area contributed by atoms with E-state index in [4.69, 9.17) is 0 Å². The quantitative estimate of drug-likeness (QED) is 0.878. The van der Waals surface area contributed by atoms with Crippen molar-refractivity contribution in [3.8, 4) is 0 Å². The van der Waals surface area contributed by atoms with Crippen molar-refractivity contribution in [3.05, 3.63) is 22.4 Å². The van der Waals surface area contributed by atoms with Crippen LogP contribution < -0.4 is 5.32 Å². The first-order valence-electron chi connectivity index (χ1n) is 7.76. The molecule has 1 aromatic rings. The molecule has 0 bridgehead atoms. The van der Waals surface area contributed by atoms with E-state index in [0.717, 1.165) is 32.1 Å². The first kappa shape index (κ1) is 16.3. The van der Waals surface area contributed by atoms with Gasteiger partial charge >= 0.3 is 6.03 Å². The van der Waals surface area contributed by atoms with Gasteiger partial charge < -0.3 is 15.3 Å². The number of thiophene rings is 1. The van der Waals surface area contributed by atoms with Crippen LogP contribution in [-0.2, 0) is 6.42 Å². The fourth-order valence-corrected chi connectivity index (χ4v) is 3.81. The van der Waals surface area contributed by atoms with E-state index in [1.807, 2.05) is 24.9 Å². The number of aliphatic hydroxyl groups excluding tert-OH is 1. The molecular weight excluding hydrogens is 284 g/mol. The second kappa shape index (κ2) is 7.80. The van der Waals surface area contributed by atoms with Crippen LogP contribution in [0, 0.1) is 5.92 Å². The Balaban J connectivity index is 1.77. The summed E-state index contributed by atoms with van der Waals surface area (Å²) in [6.07, 6.45) is 4.91. The zero-order chi connectivity index (χ0) is 15.2. The summed E-state index contributed by atoms with van der Waals surface area (Å²) in [5.74, 6) is 0.426. The Morgan fingerprint density at radius 1 is 1.48 bits per heavy atom. The van der Waals surface area contributed by atoms with E-state index in [9.17, 15) is 9.90 Å². The second-order valence-electron chi connectivity index (χ2n) is 6.10. The molecular formula is C16H26N2O2S. The van der Waals surface area contributed by atoms with E-state index in [1.54, 1.807) is 11.3 Å². The highest BCUT2D eigenvalue weighted by Crippen LogP contribution is 2.26. The summed E-state index contributed by atoms with van der Waals surface area (Å²) in [5, 5.41) is 14.3. The standard InChI is InChI=1S/C16H26N2O2S/c1-12(10-15-4-3-9-21-15)17-16(20)18(2)14-7-5-13(11-19)6-8-14/h3-4,9,12-14,19H,5-8,10-11H2,1-2H3,(H,17,20). The molecule has 4 nitrogen and oxygen atoms in total. The topological polar surface area (TPSA) is 52.6 Å². The Bertz CT molecular complexity index is 427. The maximum Gasteiger partial charge on any atom is 0.317 e. The molecule has 118 valence electrons. The van der Waals surface area contributed by atoms with Gasteiger partial charge in [0, 0.05) is 37.0 Å². The minimum absolute atomic E-state index is 0.0199. The SMILES string of the molecule is CC(Cc1cccs1)NC(=O)N(C)C1CCC(CO)CC1. The third kappa shape index (κ3) is 4.71. The summed E-state index contributed by atoms with van der Waals surface area (Å²) in [5.41, 5.74) is 0. The average molecular weight is 310 g/mol. The van der Waals surface area contributed by atoms with Crippen molar-refractivity contribution in [1.29, 1.82) is 0 Å². The van der Waals surface area contributed by atoms with Crippen molar-refractivity contribution in [3.63, 3.8) is 0 Å². The molecule has 0 radical (unpaired) electrons. The van der Waals surface area contributed by atoms with E-state index in [0.29, 0.717) is 12.0 Å². The Morgan fingerprint density at radius 2 is 2.19 bits per heavy atom. The van der Waals surface area contributed by atoms with E-state index < -0.39 is 0 Å². The molecule has 1 saturated carbocycles. The number of nitrogens with one attached hydrogen (secondary N) is 1. The molecule has 0 saturated heterocycles. The van der Waals surface area contributed by atoms with Gasteiger partial charge in [0.1, 0.15) is 0 Å². The van der Waals surface area contributed by atoms with Crippen LogP contribution in [0.5, 0.6) is 0 Å². The molecule has 2 rings (SSSR count). The van der Waals surface area contributed by atoms with Gasteiger partial charge in [0.2, 0.25) is 0 Å². The highest BCUT2D eigenvalue weighted by Gasteiger charge is 2.26. The summed E-state index contributed by atoms with van der Waals surface area (Å²) in [6, 6.07) is 4.62. The number of urea groups is 1. The molecule has 1 aromatic heterocycles. The maximum atomic E-state index is 12.3. The van der Waals surface area contributed by atoms with Gasteiger partial charge in [-0.15, -0.1) is 11.3 Å². The summed E-state index contributed by atoms with van der Waals surface area (Å²) in [6.45, 7) is 2.33. The van der Waals surface area contributed by atoms with E-state index in [1.165, 1.54) is 4.88 Å². The fourth-order valence-electron chi connectivity index (χ4n) is 2.97. The van der Waals surface area contributed by atoms with Crippen molar-refractivity contribution in [2.24, 2.45) is 5.92 Å². The van der Waals surface area contributed by atoms with Crippen molar-refractivity contribution >= 4 is 17.4 Å². The molecule has 0 spiro atoms. The van der Waals surface area contributed by atoms with Gasteiger partial charge in [-0.25, -0.2) is 4.79 Å². The fraction of sp³-hybridized carbons (Fsp3) is 0.688. The summed E-state index contributed by atoms with van der Waals surface area (Å²) in [7, 11) is 1.89. The Hall–Kier alpha value is -1.07. The summed E-state index contributed by atoms with van der Waals surface area (Å²) >= 11 is 1.73. The van der Waals surface area contributed by atoms with E-state index >= 15 is 0 Å². The largest absolute Gasteiger partial charge is 0.396 e. The van der Waals surface area contributed by atoms with Gasteiger partial charge in [0.15, 0.2) is 0 Å². The molecule has 1 atom stereocenters. The summed E-state index contributed by atoms with van der Waals surface area (Å²) < 4.78 is 0. The van der Waals surface area contributed by atoms with Crippen LogP contribution >= 0.6 is 11.3 Å². The number of hydrogen-bond acceptors (Lipinski definition) is 3. The van der Waals surface area contributed by atoms with Gasteiger partial charge in [0.05, 0.1) is 0 Å². The van der Waals surface area contributed by atoms with Gasteiger partial charge in [-0.2, -0.15) is 0 Å². The smallest absolute Gasteiger partial charge is 0.317 e. The minimum Gasteiger partial charge on any atom is -0.396 e. The number of hydrogen-bond donors (Lipinski definition) is 2. The lowest BCUT2D eigenvalue weighted by atomic mass is 9.86. The normalized spacial score (nSPS) is 23.6. The first-order valence-corrected chi connectivity index (χ1v) is 8.64. The number of carbonyl (C=O) groups is 1. The van der Waals surface area contributed by atoms with Crippen molar-refractivity contribution < 1.29 is 9.90 Å². The van der Waals surface area contributed by atoms with Crippen LogP contribution in [0.15, 0.2) is 17.5 Å². The monoisotopic (exact) mass is 310 g/mol. The van der Waals surface area contributed by atoms with Crippen LogP contribution in [0.3, 0.4) is 0 Å². The Kier molecular flexibility index (Phi) is 6.06. The lowest BCUT2D eigenvalue weighted by Gasteiger charge is -2.34. The highest BCUT2D eigenvalue weighted by molar-refractivity contribution is 7.09. The number of aliphatic hydroxyl groups is 1. The molecule has 0 aromatic carbocycles. The number of rotatable bonds is 5. The van der Waals surface area contributed by atoms with Gasteiger partial charge in [-0.05, 0) is 50.0 Å². The Morgan fingerprint density at radius 3 is 2.76 bits per heavy atom. The molecule has 1 fully saturated rings. The molecule has 0 aliphatic heterocycles. The molecule has 1 heterocycles. The minimum atomic E-state index is 0.0199. The predicted molar refractivity (Wildman–Crippen MR) is 86.6 cm³/mol. The van der Waals surface area contributed by atoms with Crippen molar-refractivity contribution in [1.82, 2.24) is 10.2 Å². The van der Waals surface area contributed by atoms with Crippen LogP contribution in [-0.4, -0.2) is 41.8 Å². The van der Waals surface area contributed by atoms with Crippen molar-refractivity contribution in [2.75, 3.05) is 13.7 Å². The second-order valence-corrected chi connectivity index (χ2v) is 7.13. The van der Waals surface area contributed by atoms with E-state index in [2.05, 4.69) is 16.8 Å². The molecule has 2 amide bonds. The number of amides is 2. The number of nitrogens with zero attached hydrogens (tertiary/aromatic N) is 1. The zero-order valence-electron chi connectivity index (χ0n) is 12.9. The summed E-state index contributed by atoms with van der Waals surface area (Å²) in [4.78, 5) is 15.4. The molecule has 5 heteroatoms. The predicted octanol–water partition coefficient (Wildman–Crippen LogP) is 2.87. The molecule has 1 unspecified atom stereocenters. The van der Waals surface area contributed by atoms with Gasteiger partial charge in [0.25, 0.3) is 0 Å². The maximum absolute atomic E-state index is 12.3. The van der Waals surface area contributed by atoms with Crippen LogP contribution in [0.2, 0.25) is 0 Å². The van der Waals surface area contributed by atoms with Crippen LogP contribution in [0.1, 0.15) is 37.5 Å². The van der Waals surface area contributed by atoms with E-state index in [-0.39, 0.29) is 18.7 Å². The van der Waals surface area contributed by atoms with Gasteiger partial charge in [-0.1, -0.05) is 6.07 Å². The lowest BCUT2D eigenvalue weighted by Crippen LogP contribution is -2.48. The van der Waals surface area contributed by atoms with Crippen molar-refractivity contribution in [2.45, 2.75) is 51.1 Å². The lowest BCUT2D eigenvalue weighted by molar-refractivity contribution is 0.133. The average Bonchev–Trinajstić information content (AvgIpc) is 2.99. The molecule has 2 N–H and O–H groups in total. The van der Waals surface area contributed by atoms with Gasteiger partial charge in [-0.3, -0.25) is 0 Å².